The quantitative estimate of drug-likeness (QED) is 0.258. The number of esters is 1. The van der Waals surface area contributed by atoms with Crippen LogP contribution in [0.15, 0.2) is 54.7 Å². The van der Waals surface area contributed by atoms with E-state index in [1.165, 1.54) is 5.56 Å². The molecular formula is C31H37N9O3. The van der Waals surface area contributed by atoms with Crippen LogP contribution in [-0.4, -0.2) is 72.5 Å². The van der Waals surface area contributed by atoms with Gasteiger partial charge in [0.2, 0.25) is 0 Å². The third kappa shape index (κ3) is 6.15. The normalized spacial score (nSPS) is 14.5. The van der Waals surface area contributed by atoms with Gasteiger partial charge in [0.05, 0.1) is 18.9 Å². The first-order valence-electron chi connectivity index (χ1n) is 14.6. The number of aryl methyl sites for hydroxylation is 2. The first-order valence-corrected chi connectivity index (χ1v) is 14.6. The molecule has 0 spiro atoms. The lowest BCUT2D eigenvalue weighted by atomic mass is 10.1. The van der Waals surface area contributed by atoms with Crippen LogP contribution in [0.2, 0.25) is 0 Å². The average molecular weight is 584 g/mol. The molecule has 0 unspecified atom stereocenters. The fraction of sp³-hybridized carbons (Fsp3) is 0.387. The number of fused-ring (bicyclic) bond motifs is 1. The summed E-state index contributed by atoms with van der Waals surface area (Å²) < 4.78 is 16.3. The zero-order valence-corrected chi connectivity index (χ0v) is 25.0. The first-order chi connectivity index (χ1) is 20.7. The summed E-state index contributed by atoms with van der Waals surface area (Å²) in [5, 5.41) is 14.4. The van der Waals surface area contributed by atoms with Crippen LogP contribution in [0.3, 0.4) is 0 Å². The molecule has 5 heterocycles. The Morgan fingerprint density at radius 2 is 1.79 bits per heavy atom. The molecule has 5 aromatic rings. The number of morpholine rings is 1. The van der Waals surface area contributed by atoms with Crippen LogP contribution in [0.1, 0.15) is 31.5 Å². The second-order valence-electron chi connectivity index (χ2n) is 11.4. The van der Waals surface area contributed by atoms with Crippen molar-refractivity contribution in [1.82, 2.24) is 34.2 Å². The van der Waals surface area contributed by atoms with Crippen LogP contribution in [-0.2, 0) is 21.0 Å². The number of hydrogen-bond donors (Lipinski definition) is 1. The molecule has 12 nitrogen and oxygen atoms in total. The van der Waals surface area contributed by atoms with Gasteiger partial charge >= 0.3 is 5.97 Å². The van der Waals surface area contributed by atoms with E-state index >= 15 is 0 Å². The minimum Gasteiger partial charge on any atom is -0.441 e. The molecule has 0 amide bonds. The maximum absolute atomic E-state index is 12.4. The van der Waals surface area contributed by atoms with Crippen LogP contribution in [0, 0.1) is 19.8 Å². The monoisotopic (exact) mass is 583 g/mol. The van der Waals surface area contributed by atoms with Crippen LogP contribution in [0.25, 0.3) is 34.1 Å². The smallest absolute Gasteiger partial charge is 0.324 e. The summed E-state index contributed by atoms with van der Waals surface area (Å²) in [5.41, 5.74) is 11.9. The van der Waals surface area contributed by atoms with Crippen molar-refractivity contribution in [3.05, 3.63) is 66.0 Å². The highest BCUT2D eigenvalue weighted by Gasteiger charge is 2.21. The van der Waals surface area contributed by atoms with Crippen LogP contribution in [0.4, 0.5) is 5.82 Å². The van der Waals surface area contributed by atoms with Gasteiger partial charge in [0.25, 0.3) is 0 Å². The lowest BCUT2D eigenvalue weighted by molar-refractivity contribution is -0.150. The number of hydrogen-bond acceptors (Lipinski definition) is 9. The summed E-state index contributed by atoms with van der Waals surface area (Å²) in [6.45, 7) is 10.7. The first kappa shape index (κ1) is 28.6. The van der Waals surface area contributed by atoms with Gasteiger partial charge < -0.3 is 20.1 Å². The molecule has 1 fully saturated rings. The van der Waals surface area contributed by atoms with E-state index in [2.05, 4.69) is 35.1 Å². The maximum Gasteiger partial charge on any atom is 0.324 e. The number of nitrogens with zero attached hydrogens (tertiary/aromatic N) is 8. The molecule has 1 aliphatic heterocycles. The van der Waals surface area contributed by atoms with E-state index in [-0.39, 0.29) is 6.73 Å². The Balaban J connectivity index is 1.32. The Bertz CT molecular complexity index is 1750. The third-order valence-electron chi connectivity index (χ3n) is 7.47. The number of benzene rings is 1. The Labute approximate surface area is 250 Å². The van der Waals surface area contributed by atoms with Crippen molar-refractivity contribution in [3.63, 3.8) is 0 Å². The summed E-state index contributed by atoms with van der Waals surface area (Å²) >= 11 is 0. The Kier molecular flexibility index (Phi) is 7.96. The predicted molar refractivity (Wildman–Crippen MR) is 163 cm³/mol. The van der Waals surface area contributed by atoms with Crippen molar-refractivity contribution in [2.24, 2.45) is 11.7 Å². The van der Waals surface area contributed by atoms with Crippen molar-refractivity contribution in [2.45, 2.75) is 46.9 Å². The molecule has 1 atom stereocenters. The van der Waals surface area contributed by atoms with E-state index < -0.39 is 12.0 Å². The molecule has 43 heavy (non-hydrogen) atoms. The van der Waals surface area contributed by atoms with Gasteiger partial charge in [0, 0.05) is 42.7 Å². The van der Waals surface area contributed by atoms with E-state index in [0.29, 0.717) is 48.4 Å². The predicted octanol–water partition coefficient (Wildman–Crippen LogP) is 3.77. The van der Waals surface area contributed by atoms with Gasteiger partial charge in [-0.2, -0.15) is 19.8 Å². The molecule has 12 heteroatoms. The molecule has 224 valence electrons. The number of ether oxygens (including phenoxy) is 2. The topological polar surface area (TPSA) is 131 Å². The van der Waals surface area contributed by atoms with Gasteiger partial charge in [-0.25, -0.2) is 14.3 Å². The molecule has 0 aliphatic carbocycles. The fourth-order valence-electron chi connectivity index (χ4n) is 5.22. The van der Waals surface area contributed by atoms with E-state index in [0.717, 1.165) is 35.9 Å². The van der Waals surface area contributed by atoms with Gasteiger partial charge in [-0.15, -0.1) is 0 Å². The largest absolute Gasteiger partial charge is 0.441 e. The summed E-state index contributed by atoms with van der Waals surface area (Å²) in [5.74, 6) is 1.45. The van der Waals surface area contributed by atoms with Gasteiger partial charge in [-0.3, -0.25) is 4.79 Å². The highest BCUT2D eigenvalue weighted by Crippen LogP contribution is 2.26. The van der Waals surface area contributed by atoms with Gasteiger partial charge in [-0.1, -0.05) is 37.6 Å². The van der Waals surface area contributed by atoms with Crippen LogP contribution >= 0.6 is 0 Å². The van der Waals surface area contributed by atoms with E-state index in [1.807, 2.05) is 61.8 Å². The highest BCUT2D eigenvalue weighted by molar-refractivity contribution is 5.75. The summed E-state index contributed by atoms with van der Waals surface area (Å²) in [7, 11) is 0. The number of anilines is 1. The highest BCUT2D eigenvalue weighted by atomic mass is 16.5. The van der Waals surface area contributed by atoms with E-state index in [1.54, 1.807) is 9.36 Å². The van der Waals surface area contributed by atoms with Gasteiger partial charge in [0.1, 0.15) is 23.2 Å². The van der Waals surface area contributed by atoms with Crippen molar-refractivity contribution in [1.29, 1.82) is 0 Å². The van der Waals surface area contributed by atoms with E-state index in [9.17, 15) is 4.79 Å². The van der Waals surface area contributed by atoms with E-state index in [4.69, 9.17) is 30.4 Å². The zero-order valence-electron chi connectivity index (χ0n) is 25.0. The standard InChI is InChI=1S/C31H37N9O3/c1-20(2)14-24(32)31(41)43-19-39-22(4)16-26(35-39)27-17-29-33-28(18-30(40(29)36-27)37-10-12-42-13-11-37)38-9-8-25(34-38)23-7-5-6-21(3)15-23/h5-9,15-18,20,24H,10-14,19,32H2,1-4H3/t24-/m0/s1. The lowest BCUT2D eigenvalue weighted by Crippen LogP contribution is -2.37. The van der Waals surface area contributed by atoms with Crippen LogP contribution in [0.5, 0.6) is 0 Å². The second-order valence-corrected chi connectivity index (χ2v) is 11.4. The van der Waals surface area contributed by atoms with Crippen LogP contribution < -0.4 is 10.6 Å². The number of rotatable bonds is 9. The Hall–Kier alpha value is -4.55. The molecular weight excluding hydrogens is 546 g/mol. The summed E-state index contributed by atoms with van der Waals surface area (Å²) in [4.78, 5) is 19.5. The number of nitrogens with two attached hydrogens (primary N) is 1. The molecule has 6 rings (SSSR count). The SMILES string of the molecule is Cc1cccc(-c2ccn(-c3cc(N4CCOCC4)n4nc(-c5cc(C)n(COC(=O)[C@@H](N)CC(C)C)n5)cc4n3)n2)c1. The number of carbonyl (C=O) groups is 1. The molecule has 0 saturated carbocycles. The summed E-state index contributed by atoms with van der Waals surface area (Å²) in [6, 6.07) is 15.5. The lowest BCUT2D eigenvalue weighted by Gasteiger charge is -2.29. The molecule has 1 saturated heterocycles. The van der Waals surface area contributed by atoms with Gasteiger partial charge in [0.15, 0.2) is 18.2 Å². The van der Waals surface area contributed by atoms with Crippen molar-refractivity contribution >= 4 is 17.4 Å². The average Bonchev–Trinajstić information content (AvgIpc) is 3.74. The molecule has 1 aromatic carbocycles. The second kappa shape index (κ2) is 12.0. The molecule has 0 radical (unpaired) electrons. The Morgan fingerprint density at radius 3 is 2.56 bits per heavy atom. The number of aromatic nitrogens is 7. The molecule has 4 aromatic heterocycles. The van der Waals surface area contributed by atoms with Crippen molar-refractivity contribution in [3.8, 4) is 28.5 Å². The third-order valence-corrected chi connectivity index (χ3v) is 7.47. The zero-order chi connectivity index (χ0) is 30.1. The molecule has 0 bridgehead atoms. The van der Waals surface area contributed by atoms with Gasteiger partial charge in [-0.05, 0) is 44.4 Å². The Morgan fingerprint density at radius 1 is 1.00 bits per heavy atom. The maximum atomic E-state index is 12.4. The molecule has 1 aliphatic rings. The van der Waals surface area contributed by atoms with Crippen molar-refractivity contribution < 1.29 is 14.3 Å². The minimum atomic E-state index is -0.657. The van der Waals surface area contributed by atoms with Crippen molar-refractivity contribution in [2.75, 3.05) is 31.2 Å². The minimum absolute atomic E-state index is 0.0200. The number of carbonyl (C=O) groups excluding carboxylic acids is 1. The summed E-state index contributed by atoms with van der Waals surface area (Å²) in [6.07, 6.45) is 2.49. The molecule has 2 N–H and O–H groups in total. The fourth-order valence-corrected chi connectivity index (χ4v) is 5.22.